The van der Waals surface area contributed by atoms with E-state index < -0.39 is 0 Å². The van der Waals surface area contributed by atoms with Gasteiger partial charge in [-0.15, -0.1) is 0 Å². The highest BCUT2D eigenvalue weighted by molar-refractivity contribution is 6.01. The van der Waals surface area contributed by atoms with Crippen molar-refractivity contribution in [2.45, 2.75) is 38.6 Å². The third-order valence-electron chi connectivity index (χ3n) is 7.60. The van der Waals surface area contributed by atoms with Crippen molar-refractivity contribution >= 4 is 40.2 Å². The molecule has 0 bridgehead atoms. The highest BCUT2D eigenvalue weighted by atomic mass is 16.2. The fourth-order valence-corrected chi connectivity index (χ4v) is 5.32. The lowest BCUT2D eigenvalue weighted by atomic mass is 10.1. The molecule has 42 heavy (non-hydrogen) atoms. The average Bonchev–Trinajstić information content (AvgIpc) is 3.73. The second-order valence-electron chi connectivity index (χ2n) is 10.8. The largest absolute Gasteiger partial charge is 0.383 e. The van der Waals surface area contributed by atoms with Crippen molar-refractivity contribution in [3.8, 4) is 11.3 Å². The minimum atomic E-state index is -0.342. The highest BCUT2D eigenvalue weighted by Crippen LogP contribution is 2.35. The predicted octanol–water partition coefficient (Wildman–Crippen LogP) is 5.40. The molecule has 212 valence electrons. The number of urea groups is 1. The van der Waals surface area contributed by atoms with Gasteiger partial charge in [-0.1, -0.05) is 30.3 Å². The Bertz CT molecular complexity index is 1730. The molecule has 4 aromatic rings. The second-order valence-corrected chi connectivity index (χ2v) is 10.8. The Hall–Kier alpha value is -5.24. The summed E-state index contributed by atoms with van der Waals surface area (Å²) in [5.41, 5.74) is 10.9. The number of hydrogen-bond acceptors (Lipinski definition) is 6. The van der Waals surface area contributed by atoms with Crippen LogP contribution >= 0.6 is 0 Å². The number of benzene rings is 2. The van der Waals surface area contributed by atoms with E-state index >= 15 is 0 Å². The number of likely N-dealkylation sites (tertiary alicyclic amines) is 1. The molecule has 2 aromatic carbocycles. The Morgan fingerprint density at radius 2 is 1.86 bits per heavy atom. The van der Waals surface area contributed by atoms with E-state index in [1.54, 1.807) is 17.0 Å². The van der Waals surface area contributed by atoms with Crippen LogP contribution in [0.25, 0.3) is 27.1 Å². The van der Waals surface area contributed by atoms with Crippen molar-refractivity contribution in [2.24, 2.45) is 5.92 Å². The number of rotatable bonds is 6. The standard InChI is InChI=1S/C31H31N9O2/c1-19-5-3-6-23(15-19)37-31(42)36-22-12-10-21(11-13-22)27-26-28(32)34-18-35-29(26)40(38-27)24-7-4-14-39(17-24)30(41)25(33-2)16-20-8-9-20/h3,5-6,10-13,15-16,18,20,24H,4,7-9,14,17H2,1H3,(H2,32,34,35)(H2,36,37,42)/b25-16-/t24-/m1/s1. The predicted molar refractivity (Wildman–Crippen MR) is 161 cm³/mol. The summed E-state index contributed by atoms with van der Waals surface area (Å²) in [6.07, 6.45) is 6.90. The van der Waals surface area contributed by atoms with Gasteiger partial charge in [0.05, 0.1) is 18.0 Å². The van der Waals surface area contributed by atoms with Crippen LogP contribution in [-0.4, -0.2) is 49.7 Å². The Balaban J connectivity index is 1.23. The van der Waals surface area contributed by atoms with Crippen LogP contribution in [0.5, 0.6) is 0 Å². The lowest BCUT2D eigenvalue weighted by Crippen LogP contribution is -2.41. The molecule has 2 fully saturated rings. The van der Waals surface area contributed by atoms with Crippen LogP contribution in [0.1, 0.15) is 37.3 Å². The number of nitrogens with one attached hydrogen (secondary N) is 2. The number of allylic oxidation sites excluding steroid dienone is 1. The molecule has 3 amide bonds. The van der Waals surface area contributed by atoms with Crippen LogP contribution in [0.4, 0.5) is 22.0 Å². The SMILES string of the molecule is [C-]#[N+]/C(=C\C1CC1)C(=O)N1CCC[C@@H](n2nc(-c3ccc(NC(=O)Nc4cccc(C)c4)cc3)c3c(N)ncnc32)C1. The van der Waals surface area contributed by atoms with Gasteiger partial charge < -0.3 is 21.3 Å². The van der Waals surface area contributed by atoms with Gasteiger partial charge in [0.2, 0.25) is 5.70 Å². The number of aromatic nitrogens is 4. The maximum atomic E-state index is 13.2. The van der Waals surface area contributed by atoms with Crippen LogP contribution in [0.2, 0.25) is 0 Å². The fourth-order valence-electron chi connectivity index (χ4n) is 5.32. The third kappa shape index (κ3) is 5.65. The van der Waals surface area contributed by atoms with E-state index in [2.05, 4.69) is 25.4 Å². The van der Waals surface area contributed by atoms with E-state index in [1.807, 2.05) is 54.1 Å². The van der Waals surface area contributed by atoms with Gasteiger partial charge in [0, 0.05) is 30.0 Å². The third-order valence-corrected chi connectivity index (χ3v) is 7.60. The lowest BCUT2D eigenvalue weighted by Gasteiger charge is -2.33. The molecule has 6 rings (SSSR count). The number of aryl methyl sites for hydroxylation is 1. The molecule has 0 radical (unpaired) electrons. The molecule has 1 atom stereocenters. The van der Waals surface area contributed by atoms with Crippen LogP contribution in [0.15, 0.2) is 66.6 Å². The van der Waals surface area contributed by atoms with Crippen LogP contribution < -0.4 is 16.4 Å². The van der Waals surface area contributed by atoms with E-state index in [1.165, 1.54) is 6.33 Å². The van der Waals surface area contributed by atoms with E-state index in [-0.39, 0.29) is 23.7 Å². The molecule has 0 unspecified atom stereocenters. The quantitative estimate of drug-likeness (QED) is 0.213. The molecular weight excluding hydrogens is 530 g/mol. The minimum Gasteiger partial charge on any atom is -0.383 e. The first kappa shape index (κ1) is 27.0. The number of anilines is 3. The van der Waals surface area contributed by atoms with Crippen LogP contribution in [0.3, 0.4) is 0 Å². The Morgan fingerprint density at radius 1 is 1.07 bits per heavy atom. The summed E-state index contributed by atoms with van der Waals surface area (Å²) in [5.74, 6) is 0.439. The molecule has 3 heterocycles. The fraction of sp³-hybridized carbons (Fsp3) is 0.290. The van der Waals surface area contributed by atoms with Crippen molar-refractivity contribution in [1.29, 1.82) is 0 Å². The number of carbonyl (C=O) groups is 2. The number of piperidine rings is 1. The topological polar surface area (TPSA) is 135 Å². The van der Waals surface area contributed by atoms with Gasteiger partial charge in [0.15, 0.2) is 5.65 Å². The summed E-state index contributed by atoms with van der Waals surface area (Å²) >= 11 is 0. The smallest absolute Gasteiger partial charge is 0.323 e. The summed E-state index contributed by atoms with van der Waals surface area (Å²) in [6, 6.07) is 14.4. The number of nitrogen functional groups attached to an aromatic ring is 1. The van der Waals surface area contributed by atoms with Gasteiger partial charge in [0.25, 0.3) is 5.91 Å². The van der Waals surface area contributed by atoms with Gasteiger partial charge in [-0.05, 0) is 68.4 Å². The first-order valence-corrected chi connectivity index (χ1v) is 14.0. The molecule has 0 spiro atoms. The van der Waals surface area contributed by atoms with E-state index in [4.69, 9.17) is 17.4 Å². The van der Waals surface area contributed by atoms with Crippen LogP contribution in [-0.2, 0) is 4.79 Å². The molecule has 11 heteroatoms. The monoisotopic (exact) mass is 561 g/mol. The van der Waals surface area contributed by atoms with Crippen molar-refractivity contribution in [3.63, 3.8) is 0 Å². The first-order chi connectivity index (χ1) is 20.4. The maximum Gasteiger partial charge on any atom is 0.323 e. The molecule has 1 aliphatic carbocycles. The van der Waals surface area contributed by atoms with Crippen molar-refractivity contribution in [2.75, 3.05) is 29.5 Å². The Labute approximate surface area is 243 Å². The molecular formula is C31H31N9O2. The highest BCUT2D eigenvalue weighted by Gasteiger charge is 2.31. The molecule has 1 saturated carbocycles. The maximum absolute atomic E-state index is 13.2. The zero-order valence-corrected chi connectivity index (χ0v) is 23.2. The molecule has 1 saturated heterocycles. The summed E-state index contributed by atoms with van der Waals surface area (Å²) < 4.78 is 1.84. The number of nitrogens with two attached hydrogens (primary N) is 1. The first-order valence-electron chi connectivity index (χ1n) is 14.0. The normalized spacial score (nSPS) is 17.1. The molecule has 4 N–H and O–H groups in total. The minimum absolute atomic E-state index is 0.132. The summed E-state index contributed by atoms with van der Waals surface area (Å²) in [7, 11) is 0. The zero-order valence-electron chi connectivity index (χ0n) is 23.2. The van der Waals surface area contributed by atoms with Gasteiger partial charge >= 0.3 is 6.03 Å². The zero-order chi connectivity index (χ0) is 29.2. The summed E-state index contributed by atoms with van der Waals surface area (Å²) in [5, 5.41) is 11.3. The van der Waals surface area contributed by atoms with E-state index in [0.717, 1.165) is 36.8 Å². The molecule has 11 nitrogen and oxygen atoms in total. The number of carbonyl (C=O) groups excluding carboxylic acids is 2. The lowest BCUT2D eigenvalue weighted by molar-refractivity contribution is -0.128. The Kier molecular flexibility index (Phi) is 7.27. The number of amides is 3. The van der Waals surface area contributed by atoms with Gasteiger partial charge in [-0.3, -0.25) is 4.79 Å². The second kappa shape index (κ2) is 11.3. The van der Waals surface area contributed by atoms with Crippen LogP contribution in [0, 0.1) is 19.4 Å². The van der Waals surface area contributed by atoms with Crippen molar-refractivity contribution < 1.29 is 9.59 Å². The van der Waals surface area contributed by atoms with Gasteiger partial charge in [-0.2, -0.15) is 5.10 Å². The Morgan fingerprint density at radius 3 is 2.60 bits per heavy atom. The van der Waals surface area contributed by atoms with Crippen molar-refractivity contribution in [3.05, 3.63) is 83.6 Å². The van der Waals surface area contributed by atoms with Gasteiger partial charge in [0.1, 0.15) is 17.8 Å². The van der Waals surface area contributed by atoms with Gasteiger partial charge in [-0.25, -0.2) is 24.3 Å². The molecule has 2 aromatic heterocycles. The molecule has 1 aliphatic heterocycles. The number of fused-ring (bicyclic) bond motifs is 1. The summed E-state index contributed by atoms with van der Waals surface area (Å²) in [4.78, 5) is 39.7. The number of nitrogens with zero attached hydrogens (tertiary/aromatic N) is 6. The molecule has 2 aliphatic rings. The number of hydrogen-bond donors (Lipinski definition) is 3. The average molecular weight is 562 g/mol. The van der Waals surface area contributed by atoms with E-state index in [9.17, 15) is 9.59 Å². The van der Waals surface area contributed by atoms with Crippen molar-refractivity contribution in [1.82, 2.24) is 24.6 Å². The van der Waals surface area contributed by atoms with E-state index in [0.29, 0.717) is 52.9 Å². The summed E-state index contributed by atoms with van der Waals surface area (Å²) in [6.45, 7) is 10.5.